The molecule has 4 atom stereocenters. The van der Waals surface area contributed by atoms with E-state index in [1.54, 1.807) is 43.9 Å². The number of nitrogens with zero attached hydrogens (tertiary/aromatic N) is 1. The van der Waals surface area contributed by atoms with Crippen LogP contribution in [0.5, 0.6) is 5.75 Å². The average Bonchev–Trinajstić information content (AvgIpc) is 2.97. The van der Waals surface area contributed by atoms with Crippen LogP contribution in [0.2, 0.25) is 0 Å². The molecule has 2 unspecified atom stereocenters. The first kappa shape index (κ1) is 39.2. The van der Waals surface area contributed by atoms with Gasteiger partial charge < -0.3 is 34.6 Å². The molecule has 2 aromatic carbocycles. The van der Waals surface area contributed by atoms with Crippen molar-refractivity contribution in [1.29, 1.82) is 0 Å². The Morgan fingerprint density at radius 2 is 1.69 bits per heavy atom. The number of hydrogen-bond donors (Lipinski definition) is 3. The molecule has 2 aromatic rings. The van der Waals surface area contributed by atoms with E-state index in [1.165, 1.54) is 0 Å². The molecule has 11 heteroatoms. The Hall–Kier alpha value is -3.25. The van der Waals surface area contributed by atoms with Gasteiger partial charge in [-0.1, -0.05) is 43.3 Å². The van der Waals surface area contributed by atoms with Crippen LogP contribution in [0.25, 0.3) is 6.08 Å². The van der Waals surface area contributed by atoms with Gasteiger partial charge in [-0.15, -0.1) is 0 Å². The Kier molecular flexibility index (Phi) is 13.0. The minimum Gasteiger partial charge on any atom is -0.443 e. The van der Waals surface area contributed by atoms with E-state index in [-0.39, 0.29) is 29.7 Å². The fourth-order valence-electron chi connectivity index (χ4n) is 4.84. The van der Waals surface area contributed by atoms with Gasteiger partial charge in [0.25, 0.3) is 0 Å². The zero-order chi connectivity index (χ0) is 36.0. The fraction of sp³-hybridized carbons (Fsp3) is 0.568. The van der Waals surface area contributed by atoms with E-state index in [1.807, 2.05) is 64.3 Å². The molecule has 0 bridgehead atoms. The van der Waals surface area contributed by atoms with Gasteiger partial charge in [0.05, 0.1) is 18.8 Å². The topological polar surface area (TPSA) is 127 Å². The number of carbonyl (C=O) groups is 2. The smallest absolute Gasteiger partial charge is 0.443 e. The summed E-state index contributed by atoms with van der Waals surface area (Å²) in [5, 5.41) is 23.2. The predicted molar refractivity (Wildman–Crippen MR) is 192 cm³/mol. The zero-order valence-corrected chi connectivity index (χ0v) is 31.2. The number of aliphatic hydroxyl groups is 2. The van der Waals surface area contributed by atoms with Crippen LogP contribution in [-0.4, -0.2) is 68.4 Å². The van der Waals surface area contributed by atoms with Gasteiger partial charge in [-0.3, -0.25) is 0 Å². The number of anilines is 1. The summed E-state index contributed by atoms with van der Waals surface area (Å²) >= 11 is -0.563. The highest BCUT2D eigenvalue weighted by Crippen LogP contribution is 2.41. The third-order valence-electron chi connectivity index (χ3n) is 8.08. The quantitative estimate of drug-likeness (QED) is 0.118. The molecule has 0 saturated heterocycles. The van der Waals surface area contributed by atoms with E-state index in [4.69, 9.17) is 18.4 Å². The second-order valence-corrected chi connectivity index (χ2v) is 17.1. The lowest BCUT2D eigenvalue weighted by atomic mass is 9.96. The summed E-state index contributed by atoms with van der Waals surface area (Å²) in [6.45, 7) is 19.4. The molecular formula is C37H55N2O8S+. The van der Waals surface area contributed by atoms with E-state index in [0.717, 1.165) is 16.7 Å². The molecule has 48 heavy (non-hydrogen) atoms. The van der Waals surface area contributed by atoms with Crippen LogP contribution in [0.3, 0.4) is 0 Å². The van der Waals surface area contributed by atoms with Crippen LogP contribution >= 0.6 is 0 Å². The minimum absolute atomic E-state index is 0.0742. The maximum atomic E-state index is 14.0. The first-order valence-corrected chi connectivity index (χ1v) is 18.0. The molecule has 10 nitrogen and oxygen atoms in total. The van der Waals surface area contributed by atoms with Gasteiger partial charge in [-0.25, -0.2) is 9.59 Å². The van der Waals surface area contributed by atoms with Crippen molar-refractivity contribution in [3.05, 3.63) is 64.7 Å². The maximum absolute atomic E-state index is 14.0. The molecule has 1 aliphatic heterocycles. The molecule has 0 saturated carbocycles. The molecule has 1 heterocycles. The lowest BCUT2D eigenvalue weighted by Gasteiger charge is -2.35. The van der Waals surface area contributed by atoms with Crippen molar-refractivity contribution in [1.82, 2.24) is 4.90 Å². The molecule has 1 amide bonds. The number of rotatable bonds is 12. The number of ether oxygens (including phenoxy) is 3. The Morgan fingerprint density at radius 1 is 1.02 bits per heavy atom. The Balaban J connectivity index is 2.11. The third-order valence-corrected chi connectivity index (χ3v) is 10.3. The van der Waals surface area contributed by atoms with E-state index in [9.17, 15) is 19.8 Å². The normalized spacial score (nSPS) is 16.6. The molecule has 3 N–H and O–H groups in total. The van der Waals surface area contributed by atoms with Crippen LogP contribution in [0.4, 0.5) is 15.3 Å². The first-order valence-electron chi connectivity index (χ1n) is 16.4. The van der Waals surface area contributed by atoms with Crippen LogP contribution < -0.4 is 10.1 Å². The number of amides is 1. The summed E-state index contributed by atoms with van der Waals surface area (Å²) in [6, 6.07) is 10.8. The zero-order valence-electron chi connectivity index (χ0n) is 30.4. The SMILES string of the molecule is CCC(C)(C)OC(=O)N(C[C@H](O[S+](C)C(C)(C)C)c1ccc(OC(=O)OC(C)(C)C)c2c1C=CC(O)N2)[C@H](C)Cc1cccc(CO)c1. The van der Waals surface area contributed by atoms with Crippen LogP contribution in [0.1, 0.15) is 104 Å². The summed E-state index contributed by atoms with van der Waals surface area (Å²) in [4.78, 5) is 28.4. The van der Waals surface area contributed by atoms with Crippen molar-refractivity contribution in [2.75, 3.05) is 18.1 Å². The van der Waals surface area contributed by atoms with Gasteiger partial charge in [-0.05, 0) is 104 Å². The molecule has 0 aromatic heterocycles. The molecule has 0 spiro atoms. The largest absolute Gasteiger partial charge is 0.514 e. The summed E-state index contributed by atoms with van der Waals surface area (Å²) in [6.07, 6.45) is 3.57. The van der Waals surface area contributed by atoms with Crippen LogP contribution in [0.15, 0.2) is 42.5 Å². The minimum atomic E-state index is -1.01. The Morgan fingerprint density at radius 3 is 2.29 bits per heavy atom. The second kappa shape index (κ2) is 16.0. The van der Waals surface area contributed by atoms with Crippen LogP contribution in [0, 0.1) is 0 Å². The molecular weight excluding hydrogens is 632 g/mol. The van der Waals surface area contributed by atoms with Gasteiger partial charge in [0.1, 0.15) is 34.9 Å². The van der Waals surface area contributed by atoms with Crippen molar-refractivity contribution >= 4 is 35.2 Å². The highest BCUT2D eigenvalue weighted by atomic mass is 32.2. The number of benzene rings is 2. The van der Waals surface area contributed by atoms with Gasteiger partial charge in [0.2, 0.25) is 0 Å². The van der Waals surface area contributed by atoms with Gasteiger partial charge in [0.15, 0.2) is 16.6 Å². The lowest BCUT2D eigenvalue weighted by molar-refractivity contribution is -0.00236. The number of aliphatic hydroxyl groups excluding tert-OH is 2. The Bertz CT molecular complexity index is 1450. The molecule has 3 rings (SSSR count). The number of fused-ring (bicyclic) bond motifs is 1. The fourth-order valence-corrected chi connectivity index (χ4v) is 5.64. The number of carbonyl (C=O) groups excluding carboxylic acids is 2. The number of hydrogen-bond acceptors (Lipinski definition) is 9. The van der Waals surface area contributed by atoms with Gasteiger partial charge in [0, 0.05) is 11.6 Å². The van der Waals surface area contributed by atoms with E-state index in [0.29, 0.717) is 24.1 Å². The molecule has 0 aliphatic carbocycles. The molecule has 0 fully saturated rings. The molecule has 266 valence electrons. The second-order valence-electron chi connectivity index (χ2n) is 14.8. The highest BCUT2D eigenvalue weighted by molar-refractivity contribution is 7.93. The summed E-state index contributed by atoms with van der Waals surface area (Å²) in [5.41, 5.74) is 2.13. The van der Waals surface area contributed by atoms with Crippen molar-refractivity contribution in [3.8, 4) is 5.75 Å². The van der Waals surface area contributed by atoms with Gasteiger partial charge in [-0.2, -0.15) is 4.18 Å². The summed E-state index contributed by atoms with van der Waals surface area (Å²) < 4.78 is 23.7. The van der Waals surface area contributed by atoms with Crippen molar-refractivity contribution in [2.45, 2.75) is 123 Å². The monoisotopic (exact) mass is 687 g/mol. The van der Waals surface area contributed by atoms with Crippen molar-refractivity contribution < 1.29 is 38.2 Å². The highest BCUT2D eigenvalue weighted by Gasteiger charge is 2.40. The summed E-state index contributed by atoms with van der Waals surface area (Å²) in [5.74, 6) is 0.189. The number of nitrogens with one attached hydrogen (secondary N) is 1. The summed E-state index contributed by atoms with van der Waals surface area (Å²) in [7, 11) is 0. The Labute approximate surface area is 289 Å². The van der Waals surface area contributed by atoms with E-state index < -0.39 is 47.0 Å². The standard InChI is InChI=1S/C37H55N2O8S/c1-12-37(9,10)45-33(42)39(24(2)20-25-14-13-15-26(21-25)23-40)22-30(47-48(11)36(6,7)8)27-16-18-29(44-34(43)46-35(3,4)5)32-28(27)17-19-31(41)38-32/h13-19,21,24,30-31,38,40-41H,12,20,22-23H2,1-11H3/q+1/t24-,30+,31?,48?/m1/s1. The third kappa shape index (κ3) is 11.1. The van der Waals surface area contributed by atoms with Crippen molar-refractivity contribution in [2.24, 2.45) is 0 Å². The maximum Gasteiger partial charge on any atom is 0.514 e. The lowest BCUT2D eigenvalue weighted by Crippen LogP contribution is -2.46. The van der Waals surface area contributed by atoms with E-state index in [2.05, 4.69) is 26.1 Å². The predicted octanol–water partition coefficient (Wildman–Crippen LogP) is 7.53. The van der Waals surface area contributed by atoms with Gasteiger partial charge >= 0.3 is 12.2 Å². The van der Waals surface area contributed by atoms with E-state index >= 15 is 0 Å². The molecule has 1 aliphatic rings. The van der Waals surface area contributed by atoms with Crippen molar-refractivity contribution in [3.63, 3.8) is 0 Å². The molecule has 0 radical (unpaired) electrons. The first-order chi connectivity index (χ1) is 22.2. The average molecular weight is 688 g/mol. The van der Waals surface area contributed by atoms with Crippen LogP contribution in [-0.2, 0) is 37.9 Å².